The minimum Gasteiger partial charge on any atom is -0.497 e. The molecule has 5 aromatic carbocycles. The molecule has 4 aliphatic rings. The first-order valence-corrected chi connectivity index (χ1v) is 20.0. The minimum atomic E-state index is -0.901. The van der Waals surface area contributed by atoms with Crippen molar-refractivity contribution in [2.45, 2.75) is 94.5 Å². The van der Waals surface area contributed by atoms with Crippen molar-refractivity contribution in [3.8, 4) is 34.1 Å². The fourth-order valence-corrected chi connectivity index (χ4v) is 12.1. The molecule has 0 N–H and O–H groups in total. The zero-order chi connectivity index (χ0) is 37.0. The lowest BCUT2D eigenvalue weighted by Gasteiger charge is -2.52. The number of methoxy groups -OCH3 is 2. The number of thioether (sulfide) groups is 1. The quantitative estimate of drug-likeness (QED) is 0.174. The van der Waals surface area contributed by atoms with Gasteiger partial charge in [0.1, 0.15) is 23.0 Å². The van der Waals surface area contributed by atoms with Crippen LogP contribution in [0.15, 0.2) is 95.9 Å². The second kappa shape index (κ2) is 11.8. The lowest BCUT2D eigenvalue weighted by atomic mass is 9.52. The molecule has 53 heavy (non-hydrogen) atoms. The van der Waals surface area contributed by atoms with Gasteiger partial charge in [-0.3, -0.25) is 0 Å². The molecule has 9 rings (SSSR count). The molecule has 1 saturated carbocycles. The van der Waals surface area contributed by atoms with Crippen molar-refractivity contribution in [3.05, 3.63) is 119 Å². The van der Waals surface area contributed by atoms with Crippen LogP contribution in [0, 0.1) is 10.8 Å². The van der Waals surface area contributed by atoms with Crippen LogP contribution in [0.4, 0.5) is 0 Å². The zero-order valence-electron chi connectivity index (χ0n) is 32.3. The highest BCUT2D eigenvalue weighted by molar-refractivity contribution is 8.00. The Kier molecular flexibility index (Phi) is 7.68. The largest absolute Gasteiger partial charge is 0.497 e. The summed E-state index contributed by atoms with van der Waals surface area (Å²) in [5.41, 5.74) is 8.10. The number of hydrogen-bond donors (Lipinski definition) is 0. The fourth-order valence-electron chi connectivity index (χ4n) is 10.9. The summed E-state index contributed by atoms with van der Waals surface area (Å²) in [4.78, 5) is 0.949. The van der Waals surface area contributed by atoms with Crippen molar-refractivity contribution in [3.63, 3.8) is 0 Å². The third-order valence-corrected chi connectivity index (χ3v) is 14.1. The van der Waals surface area contributed by atoms with E-state index in [1.807, 2.05) is 36.0 Å². The third kappa shape index (κ3) is 5.09. The lowest BCUT2D eigenvalue weighted by Crippen LogP contribution is -2.44. The molecule has 0 saturated heterocycles. The van der Waals surface area contributed by atoms with E-state index in [1.165, 1.54) is 44.5 Å². The smallest absolute Gasteiger partial charge is 0.178 e. The summed E-state index contributed by atoms with van der Waals surface area (Å²) in [6, 6.07) is 30.6. The second-order valence-corrected chi connectivity index (χ2v) is 18.7. The van der Waals surface area contributed by atoms with Crippen molar-refractivity contribution in [2.24, 2.45) is 10.8 Å². The number of fused-ring (bicyclic) bond motifs is 11. The summed E-state index contributed by atoms with van der Waals surface area (Å²) in [7, 11) is 3.42. The predicted molar refractivity (Wildman–Crippen MR) is 218 cm³/mol. The maximum atomic E-state index is 7.75. The summed E-state index contributed by atoms with van der Waals surface area (Å²) in [6.07, 6.45) is 9.90. The molecule has 2 heterocycles. The van der Waals surface area contributed by atoms with Crippen LogP contribution in [0.2, 0.25) is 0 Å². The van der Waals surface area contributed by atoms with Crippen LogP contribution >= 0.6 is 11.8 Å². The van der Waals surface area contributed by atoms with Gasteiger partial charge in [-0.05, 0) is 113 Å². The van der Waals surface area contributed by atoms with Gasteiger partial charge in [-0.15, -0.1) is 0 Å². The average Bonchev–Trinajstić information content (AvgIpc) is 3.65. The first-order chi connectivity index (χ1) is 25.4. The molecule has 1 fully saturated rings. The second-order valence-electron chi connectivity index (χ2n) is 17.3. The number of rotatable bonds is 6. The standard InChI is InChI=1S/C48H50O4S/c1-9-47(10-2)51-39-25-37-36(26-40(39)53-47)41-34-13-11-12-14-38(34)46(28-44(3,4)27-45(5,6)29-46)42(41)35-23-24-48(52-43(35)37,30-15-19-32(49-7)20-16-30)31-17-21-33(50-8)22-18-31/h11-26H,9-10,27-29H2,1-8H3. The van der Waals surface area contributed by atoms with Crippen molar-refractivity contribution in [1.29, 1.82) is 0 Å². The van der Waals surface area contributed by atoms with Gasteiger partial charge in [0.05, 0.1) is 19.1 Å². The molecule has 2 aliphatic heterocycles. The molecule has 0 bridgehead atoms. The van der Waals surface area contributed by atoms with E-state index in [1.54, 1.807) is 14.2 Å². The normalized spacial score (nSPS) is 20.2. The van der Waals surface area contributed by atoms with Crippen LogP contribution < -0.4 is 18.9 Å². The maximum Gasteiger partial charge on any atom is 0.178 e. The Labute approximate surface area is 318 Å². The van der Waals surface area contributed by atoms with Gasteiger partial charge < -0.3 is 18.9 Å². The van der Waals surface area contributed by atoms with Crippen LogP contribution in [0.1, 0.15) is 101 Å². The molecule has 0 amide bonds. The van der Waals surface area contributed by atoms with E-state index in [4.69, 9.17) is 18.9 Å². The number of benzene rings is 5. The molecule has 2 aliphatic carbocycles. The Morgan fingerprint density at radius 3 is 1.89 bits per heavy atom. The zero-order valence-corrected chi connectivity index (χ0v) is 33.1. The van der Waals surface area contributed by atoms with Crippen LogP contribution in [0.5, 0.6) is 23.0 Å². The lowest BCUT2D eigenvalue weighted by molar-refractivity contribution is 0.0642. The number of ether oxygens (including phenoxy) is 4. The van der Waals surface area contributed by atoms with E-state index in [2.05, 4.69) is 114 Å². The van der Waals surface area contributed by atoms with E-state index in [0.29, 0.717) is 0 Å². The summed E-state index contributed by atoms with van der Waals surface area (Å²) >= 11 is 1.89. The molecular weight excluding hydrogens is 673 g/mol. The van der Waals surface area contributed by atoms with Gasteiger partial charge in [-0.25, -0.2) is 0 Å². The SMILES string of the molecule is CCC1(CC)Oc2cc3c4c(c5c(c3cc2S1)-c1ccccc1C51CC(C)(C)CC(C)(C)C1)C=CC(c1ccc(OC)cc1)(c1ccc(OC)cc1)O4. The highest BCUT2D eigenvalue weighted by Crippen LogP contribution is 2.67. The summed E-state index contributed by atoms with van der Waals surface area (Å²) in [5.74, 6) is 3.49. The average molecular weight is 723 g/mol. The molecule has 5 aromatic rings. The van der Waals surface area contributed by atoms with Crippen LogP contribution in [-0.4, -0.2) is 19.2 Å². The molecule has 1 spiro atoms. The maximum absolute atomic E-state index is 7.75. The van der Waals surface area contributed by atoms with Crippen LogP contribution in [0.25, 0.3) is 28.0 Å². The predicted octanol–water partition coefficient (Wildman–Crippen LogP) is 12.7. The van der Waals surface area contributed by atoms with E-state index in [-0.39, 0.29) is 21.2 Å². The molecule has 272 valence electrons. The van der Waals surface area contributed by atoms with Gasteiger partial charge in [0.25, 0.3) is 0 Å². The first kappa shape index (κ1) is 34.4. The van der Waals surface area contributed by atoms with Gasteiger partial charge in [-0.2, -0.15) is 0 Å². The topological polar surface area (TPSA) is 36.9 Å². The molecule has 4 nitrogen and oxygen atoms in total. The Bertz CT molecular complexity index is 2230. The molecule has 0 atom stereocenters. The minimum absolute atomic E-state index is 0.150. The summed E-state index contributed by atoms with van der Waals surface area (Å²) in [5, 5.41) is 2.34. The van der Waals surface area contributed by atoms with E-state index in [0.717, 1.165) is 65.2 Å². The fraction of sp³-hybridized carbons (Fsp3) is 0.375. The molecule has 5 heteroatoms. The summed E-state index contributed by atoms with van der Waals surface area (Å²) in [6.45, 7) is 14.4. The van der Waals surface area contributed by atoms with Gasteiger partial charge in [-0.1, -0.05) is 108 Å². The molecule has 0 aromatic heterocycles. The molecular formula is C48H50O4S. The Balaban J connectivity index is 1.38. The Hall–Kier alpha value is -4.35. The van der Waals surface area contributed by atoms with Crippen molar-refractivity contribution in [2.75, 3.05) is 14.2 Å². The highest BCUT2D eigenvalue weighted by atomic mass is 32.2. The first-order valence-electron chi connectivity index (χ1n) is 19.2. The van der Waals surface area contributed by atoms with E-state index < -0.39 is 5.60 Å². The van der Waals surface area contributed by atoms with Gasteiger partial charge >= 0.3 is 0 Å². The van der Waals surface area contributed by atoms with Gasteiger partial charge in [0.15, 0.2) is 10.5 Å². The third-order valence-electron chi connectivity index (χ3n) is 12.5. The summed E-state index contributed by atoms with van der Waals surface area (Å²) < 4.78 is 25.8. The highest BCUT2D eigenvalue weighted by Gasteiger charge is 2.55. The van der Waals surface area contributed by atoms with Crippen molar-refractivity contribution in [1.82, 2.24) is 0 Å². The van der Waals surface area contributed by atoms with Gasteiger partial charge in [0.2, 0.25) is 0 Å². The van der Waals surface area contributed by atoms with E-state index >= 15 is 0 Å². The molecule has 0 radical (unpaired) electrons. The monoisotopic (exact) mass is 722 g/mol. The van der Waals surface area contributed by atoms with Crippen molar-refractivity contribution >= 4 is 28.6 Å². The van der Waals surface area contributed by atoms with Crippen molar-refractivity contribution < 1.29 is 18.9 Å². The van der Waals surface area contributed by atoms with Crippen LogP contribution in [0.3, 0.4) is 0 Å². The number of hydrogen-bond acceptors (Lipinski definition) is 5. The Morgan fingerprint density at radius 1 is 0.698 bits per heavy atom. The molecule has 0 unspecified atom stereocenters. The van der Waals surface area contributed by atoms with Gasteiger partial charge in [0, 0.05) is 27.5 Å². The Morgan fingerprint density at radius 2 is 1.30 bits per heavy atom. The van der Waals surface area contributed by atoms with E-state index in [9.17, 15) is 0 Å². The van der Waals surface area contributed by atoms with Crippen LogP contribution in [-0.2, 0) is 11.0 Å².